The highest BCUT2D eigenvalue weighted by Crippen LogP contribution is 2.31. The minimum atomic E-state index is -0.420. The van der Waals surface area contributed by atoms with Gasteiger partial charge in [-0.15, -0.1) is 0 Å². The molecule has 19 heavy (non-hydrogen) atoms. The maximum atomic E-state index is 11.0. The molecule has 2 aromatic rings. The first-order chi connectivity index (χ1) is 9.13. The first kappa shape index (κ1) is 13.2. The third kappa shape index (κ3) is 2.79. The lowest BCUT2D eigenvalue weighted by atomic mass is 10.1. The molecule has 1 atom stereocenters. The molecule has 1 aromatic carbocycles. The molecule has 2 N–H and O–H groups in total. The molecule has 6 heteroatoms. The number of rotatable bonds is 5. The molecule has 1 aromatic heterocycles. The molecule has 0 aliphatic heterocycles. The van der Waals surface area contributed by atoms with Gasteiger partial charge in [0.25, 0.3) is 5.69 Å². The molecule has 0 saturated carbocycles. The van der Waals surface area contributed by atoms with Crippen LogP contribution in [0.3, 0.4) is 0 Å². The minimum Gasteiger partial charge on any atom is -0.491 e. The average molecular weight is 261 g/mol. The zero-order valence-corrected chi connectivity index (χ0v) is 10.6. The van der Waals surface area contributed by atoms with Gasteiger partial charge in [0.05, 0.1) is 16.9 Å². The van der Waals surface area contributed by atoms with Crippen molar-refractivity contribution < 1.29 is 9.66 Å². The quantitative estimate of drug-likeness (QED) is 0.657. The van der Waals surface area contributed by atoms with Crippen molar-refractivity contribution in [2.24, 2.45) is 11.7 Å². The second kappa shape index (κ2) is 5.62. The number of non-ortho nitro benzene ring substituents is 1. The van der Waals surface area contributed by atoms with Gasteiger partial charge < -0.3 is 10.5 Å². The van der Waals surface area contributed by atoms with E-state index in [1.807, 2.05) is 6.92 Å². The van der Waals surface area contributed by atoms with Crippen LogP contribution in [0.5, 0.6) is 5.75 Å². The van der Waals surface area contributed by atoms with Crippen LogP contribution in [-0.4, -0.2) is 23.1 Å². The summed E-state index contributed by atoms with van der Waals surface area (Å²) in [6.07, 6.45) is 1.59. The van der Waals surface area contributed by atoms with Crippen molar-refractivity contribution in [3.63, 3.8) is 0 Å². The number of pyridine rings is 1. The van der Waals surface area contributed by atoms with E-state index in [-0.39, 0.29) is 11.6 Å². The Balaban J connectivity index is 2.41. The lowest BCUT2D eigenvalue weighted by molar-refractivity contribution is -0.383. The predicted molar refractivity (Wildman–Crippen MR) is 72.1 cm³/mol. The van der Waals surface area contributed by atoms with E-state index in [1.165, 1.54) is 6.07 Å². The van der Waals surface area contributed by atoms with E-state index in [0.29, 0.717) is 29.8 Å². The third-order valence-corrected chi connectivity index (χ3v) is 2.83. The molecule has 0 spiro atoms. The van der Waals surface area contributed by atoms with Crippen molar-refractivity contribution in [1.29, 1.82) is 0 Å². The standard InChI is InChI=1S/C13H15N3O3/c1-9(7-14)8-19-12-5-4-11(16(17)18)10-3-2-6-15-13(10)12/h2-6,9H,7-8,14H2,1H3. The van der Waals surface area contributed by atoms with Gasteiger partial charge in [0.1, 0.15) is 11.3 Å². The number of hydrogen-bond donors (Lipinski definition) is 1. The topological polar surface area (TPSA) is 91.3 Å². The van der Waals surface area contributed by atoms with E-state index in [4.69, 9.17) is 10.5 Å². The summed E-state index contributed by atoms with van der Waals surface area (Å²) in [4.78, 5) is 14.7. The normalized spacial score (nSPS) is 12.3. The van der Waals surface area contributed by atoms with Crippen molar-refractivity contribution in [2.45, 2.75) is 6.92 Å². The molecule has 0 fully saturated rings. The predicted octanol–water partition coefficient (Wildman–Crippen LogP) is 2.12. The van der Waals surface area contributed by atoms with Gasteiger partial charge in [0.15, 0.2) is 0 Å². The summed E-state index contributed by atoms with van der Waals surface area (Å²) in [5, 5.41) is 11.4. The summed E-state index contributed by atoms with van der Waals surface area (Å²) in [5.41, 5.74) is 6.06. The van der Waals surface area contributed by atoms with Crippen molar-refractivity contribution in [1.82, 2.24) is 4.98 Å². The molecular formula is C13H15N3O3. The van der Waals surface area contributed by atoms with Gasteiger partial charge in [0.2, 0.25) is 0 Å². The Kier molecular flexibility index (Phi) is 3.91. The van der Waals surface area contributed by atoms with E-state index in [9.17, 15) is 10.1 Å². The van der Waals surface area contributed by atoms with Crippen molar-refractivity contribution >= 4 is 16.6 Å². The molecule has 100 valence electrons. The smallest absolute Gasteiger partial charge is 0.279 e. The number of nitrogens with two attached hydrogens (primary N) is 1. The number of ether oxygens (including phenoxy) is 1. The Morgan fingerprint density at radius 1 is 1.47 bits per heavy atom. The summed E-state index contributed by atoms with van der Waals surface area (Å²) in [5.74, 6) is 0.760. The number of aromatic nitrogens is 1. The lowest BCUT2D eigenvalue weighted by Gasteiger charge is -2.12. The Morgan fingerprint density at radius 3 is 2.95 bits per heavy atom. The molecule has 0 bridgehead atoms. The van der Waals surface area contributed by atoms with Gasteiger partial charge in [-0.05, 0) is 24.7 Å². The van der Waals surface area contributed by atoms with Crippen LogP contribution in [0, 0.1) is 16.0 Å². The molecule has 2 rings (SSSR count). The van der Waals surface area contributed by atoms with Gasteiger partial charge in [-0.25, -0.2) is 0 Å². The average Bonchev–Trinajstić information content (AvgIpc) is 2.43. The fraction of sp³-hybridized carbons (Fsp3) is 0.308. The van der Waals surface area contributed by atoms with Crippen LogP contribution in [0.15, 0.2) is 30.5 Å². The van der Waals surface area contributed by atoms with Crippen LogP contribution < -0.4 is 10.5 Å². The maximum Gasteiger partial charge on any atom is 0.279 e. The van der Waals surface area contributed by atoms with Gasteiger partial charge in [0, 0.05) is 18.2 Å². The van der Waals surface area contributed by atoms with Gasteiger partial charge >= 0.3 is 0 Å². The summed E-state index contributed by atoms with van der Waals surface area (Å²) in [6, 6.07) is 6.35. The number of benzene rings is 1. The van der Waals surface area contributed by atoms with E-state index >= 15 is 0 Å². The zero-order valence-electron chi connectivity index (χ0n) is 10.6. The summed E-state index contributed by atoms with van der Waals surface area (Å²) in [6.45, 7) is 2.96. The van der Waals surface area contributed by atoms with E-state index in [1.54, 1.807) is 24.4 Å². The Morgan fingerprint density at radius 2 is 2.26 bits per heavy atom. The highest BCUT2D eigenvalue weighted by Gasteiger charge is 2.15. The highest BCUT2D eigenvalue weighted by atomic mass is 16.6. The number of nitro benzene ring substituents is 1. The number of nitro groups is 1. The van der Waals surface area contributed by atoms with Crippen LogP contribution >= 0.6 is 0 Å². The number of hydrogen-bond acceptors (Lipinski definition) is 5. The first-order valence-corrected chi connectivity index (χ1v) is 5.98. The molecule has 0 amide bonds. The largest absolute Gasteiger partial charge is 0.491 e. The van der Waals surface area contributed by atoms with Crippen molar-refractivity contribution in [3.05, 3.63) is 40.6 Å². The molecule has 6 nitrogen and oxygen atoms in total. The molecule has 0 saturated heterocycles. The SMILES string of the molecule is CC(CN)COc1ccc([N+](=O)[O-])c2cccnc12. The van der Waals surface area contributed by atoms with Crippen LogP contribution in [0.25, 0.3) is 10.9 Å². The Labute approximate surface area is 110 Å². The molecule has 0 radical (unpaired) electrons. The maximum absolute atomic E-state index is 11.0. The van der Waals surface area contributed by atoms with Gasteiger partial charge in [-0.2, -0.15) is 0 Å². The Hall–Kier alpha value is -2.21. The molecular weight excluding hydrogens is 246 g/mol. The Bertz CT molecular complexity index is 601. The highest BCUT2D eigenvalue weighted by molar-refractivity contribution is 5.92. The summed E-state index contributed by atoms with van der Waals surface area (Å²) >= 11 is 0. The number of fused-ring (bicyclic) bond motifs is 1. The second-order valence-corrected chi connectivity index (χ2v) is 4.39. The van der Waals surface area contributed by atoms with E-state index in [0.717, 1.165) is 0 Å². The lowest BCUT2D eigenvalue weighted by Crippen LogP contribution is -2.18. The van der Waals surface area contributed by atoms with Crippen LogP contribution in [0.4, 0.5) is 5.69 Å². The molecule has 0 aliphatic carbocycles. The fourth-order valence-electron chi connectivity index (χ4n) is 1.71. The van der Waals surface area contributed by atoms with Crippen LogP contribution in [0.1, 0.15) is 6.92 Å². The minimum absolute atomic E-state index is 0.0299. The van der Waals surface area contributed by atoms with Crippen LogP contribution in [0.2, 0.25) is 0 Å². The van der Waals surface area contributed by atoms with E-state index < -0.39 is 4.92 Å². The summed E-state index contributed by atoms with van der Waals surface area (Å²) in [7, 11) is 0. The fourth-order valence-corrected chi connectivity index (χ4v) is 1.71. The second-order valence-electron chi connectivity index (χ2n) is 4.39. The van der Waals surface area contributed by atoms with Gasteiger partial charge in [-0.3, -0.25) is 15.1 Å². The third-order valence-electron chi connectivity index (χ3n) is 2.83. The van der Waals surface area contributed by atoms with E-state index in [2.05, 4.69) is 4.98 Å². The summed E-state index contributed by atoms with van der Waals surface area (Å²) < 4.78 is 5.64. The molecule has 1 unspecified atom stereocenters. The van der Waals surface area contributed by atoms with Crippen LogP contribution in [-0.2, 0) is 0 Å². The molecule has 1 heterocycles. The van der Waals surface area contributed by atoms with Crippen molar-refractivity contribution in [3.8, 4) is 5.75 Å². The zero-order chi connectivity index (χ0) is 13.8. The van der Waals surface area contributed by atoms with Gasteiger partial charge in [-0.1, -0.05) is 6.92 Å². The monoisotopic (exact) mass is 261 g/mol. The van der Waals surface area contributed by atoms with Crippen molar-refractivity contribution in [2.75, 3.05) is 13.2 Å². The first-order valence-electron chi connectivity index (χ1n) is 5.98. The molecule has 0 aliphatic rings. The number of nitrogens with zero attached hydrogens (tertiary/aromatic N) is 2.